The first-order valence-electron chi connectivity index (χ1n) is 7.00. The van der Waals surface area contributed by atoms with Gasteiger partial charge in [-0.25, -0.2) is 13.4 Å². The Bertz CT molecular complexity index is 994. The highest BCUT2D eigenvalue weighted by Crippen LogP contribution is 2.32. The fourth-order valence-corrected chi connectivity index (χ4v) is 3.27. The zero-order valence-corrected chi connectivity index (χ0v) is 13.5. The minimum absolute atomic E-state index is 0.139. The minimum atomic E-state index is -3.71. The maximum atomic E-state index is 11.8. The summed E-state index contributed by atoms with van der Waals surface area (Å²) in [5.41, 5.74) is 1.12. The van der Waals surface area contributed by atoms with Gasteiger partial charge >= 0.3 is 5.69 Å². The number of nitrogens with one attached hydrogen (secondary N) is 1. The molecule has 0 fully saturated rings. The molecule has 9 heteroatoms. The van der Waals surface area contributed by atoms with Crippen molar-refractivity contribution in [2.75, 3.05) is 11.6 Å². The fraction of sp³-hybridized carbons (Fsp3) is 0.133. The molecule has 1 N–H and O–H groups in total. The van der Waals surface area contributed by atoms with E-state index in [0.29, 0.717) is 5.69 Å². The van der Waals surface area contributed by atoms with Gasteiger partial charge in [0.05, 0.1) is 17.2 Å². The second kappa shape index (κ2) is 5.93. The van der Waals surface area contributed by atoms with Crippen molar-refractivity contribution in [3.63, 3.8) is 0 Å². The van der Waals surface area contributed by atoms with Crippen LogP contribution < -0.4 is 5.32 Å². The van der Waals surface area contributed by atoms with Gasteiger partial charge in [-0.2, -0.15) is 0 Å². The average Bonchev–Trinajstić information content (AvgIpc) is 2.94. The molecule has 3 aromatic rings. The summed E-state index contributed by atoms with van der Waals surface area (Å²) in [6, 6.07) is 9.74. The highest BCUT2D eigenvalue weighted by atomic mass is 32.2. The third-order valence-electron chi connectivity index (χ3n) is 3.45. The van der Waals surface area contributed by atoms with Crippen LogP contribution in [0.3, 0.4) is 0 Å². The first-order valence-corrected chi connectivity index (χ1v) is 8.89. The third kappa shape index (κ3) is 3.06. The number of nitro benzene ring substituents is 1. The molecule has 24 heavy (non-hydrogen) atoms. The Morgan fingerprint density at radius 3 is 2.71 bits per heavy atom. The summed E-state index contributed by atoms with van der Waals surface area (Å²) in [6.45, 7) is 0.232. The molecule has 2 heterocycles. The molecule has 3 rings (SSSR count). The first kappa shape index (κ1) is 15.9. The predicted molar refractivity (Wildman–Crippen MR) is 88.7 cm³/mol. The molecule has 0 saturated heterocycles. The second-order valence-corrected chi connectivity index (χ2v) is 7.22. The number of rotatable bonds is 5. The van der Waals surface area contributed by atoms with E-state index in [1.54, 1.807) is 6.20 Å². The van der Waals surface area contributed by atoms with Gasteiger partial charge in [-0.1, -0.05) is 12.1 Å². The smallest absolute Gasteiger partial charge is 0.310 e. The Labute approximate surface area is 137 Å². The van der Waals surface area contributed by atoms with Gasteiger partial charge in [0.15, 0.2) is 9.84 Å². The van der Waals surface area contributed by atoms with Gasteiger partial charge in [-0.3, -0.25) is 10.1 Å². The third-order valence-corrected chi connectivity index (χ3v) is 4.58. The lowest BCUT2D eigenvalue weighted by Gasteiger charge is -2.08. The van der Waals surface area contributed by atoms with Crippen LogP contribution >= 0.6 is 0 Å². The van der Waals surface area contributed by atoms with Gasteiger partial charge in [0.2, 0.25) is 0 Å². The van der Waals surface area contributed by atoms with Crippen molar-refractivity contribution >= 4 is 26.9 Å². The maximum absolute atomic E-state index is 11.8. The molecule has 0 aliphatic heterocycles. The molecule has 0 unspecified atom stereocenters. The van der Waals surface area contributed by atoms with Crippen LogP contribution in [-0.2, 0) is 16.4 Å². The Hall–Kier alpha value is -2.94. The van der Waals surface area contributed by atoms with Crippen molar-refractivity contribution in [2.24, 2.45) is 0 Å². The lowest BCUT2D eigenvalue weighted by Crippen LogP contribution is -2.07. The summed E-state index contributed by atoms with van der Waals surface area (Å²) < 4.78 is 25.3. The van der Waals surface area contributed by atoms with Gasteiger partial charge in [0, 0.05) is 18.6 Å². The number of nitro groups is 1. The van der Waals surface area contributed by atoms with Crippen molar-refractivity contribution in [1.29, 1.82) is 0 Å². The van der Waals surface area contributed by atoms with E-state index in [4.69, 9.17) is 0 Å². The molecule has 0 bridgehead atoms. The first-order chi connectivity index (χ1) is 11.4. The van der Waals surface area contributed by atoms with Crippen LogP contribution in [0, 0.1) is 10.1 Å². The van der Waals surface area contributed by atoms with E-state index >= 15 is 0 Å². The number of fused-ring (bicyclic) bond motifs is 1. The summed E-state index contributed by atoms with van der Waals surface area (Å²) in [7, 11) is -3.71. The zero-order valence-electron chi connectivity index (χ0n) is 12.7. The molecule has 0 saturated carbocycles. The Balaban J connectivity index is 1.93. The number of sulfone groups is 1. The normalized spacial score (nSPS) is 11.5. The number of hydrogen-bond donors (Lipinski definition) is 1. The van der Waals surface area contributed by atoms with E-state index in [-0.39, 0.29) is 17.1 Å². The molecule has 1 aromatic carbocycles. The number of imidazole rings is 1. The van der Waals surface area contributed by atoms with Crippen molar-refractivity contribution < 1.29 is 13.3 Å². The van der Waals surface area contributed by atoms with E-state index in [1.807, 2.05) is 28.8 Å². The van der Waals surface area contributed by atoms with Crippen molar-refractivity contribution in [1.82, 2.24) is 9.38 Å². The van der Waals surface area contributed by atoms with Crippen molar-refractivity contribution in [2.45, 2.75) is 11.4 Å². The van der Waals surface area contributed by atoms with E-state index in [2.05, 4.69) is 10.3 Å². The highest BCUT2D eigenvalue weighted by Gasteiger charge is 2.26. The molecule has 124 valence electrons. The number of nitrogens with zero attached hydrogens (tertiary/aromatic N) is 3. The Morgan fingerprint density at radius 2 is 2.04 bits per heavy atom. The largest absolute Gasteiger partial charge is 0.374 e. The van der Waals surface area contributed by atoms with Crippen LogP contribution in [0.5, 0.6) is 0 Å². The van der Waals surface area contributed by atoms with Gasteiger partial charge in [0.1, 0.15) is 16.2 Å². The van der Waals surface area contributed by atoms with Gasteiger partial charge in [-0.15, -0.1) is 0 Å². The van der Waals surface area contributed by atoms with Crippen LogP contribution in [0.2, 0.25) is 0 Å². The summed E-state index contributed by atoms with van der Waals surface area (Å²) in [5.74, 6) is 0. The molecule has 0 atom stereocenters. The second-order valence-electron chi connectivity index (χ2n) is 5.23. The summed E-state index contributed by atoms with van der Waals surface area (Å²) in [4.78, 5) is 14.7. The van der Waals surface area contributed by atoms with E-state index in [0.717, 1.165) is 11.9 Å². The van der Waals surface area contributed by atoms with E-state index < -0.39 is 20.4 Å². The number of hydrogen-bond acceptors (Lipinski definition) is 6. The van der Waals surface area contributed by atoms with Crippen LogP contribution in [-0.4, -0.2) is 29.0 Å². The lowest BCUT2D eigenvalue weighted by molar-refractivity contribution is -0.386. The molecule has 0 radical (unpaired) electrons. The number of anilines is 1. The molecular weight excluding hydrogens is 332 g/mol. The van der Waals surface area contributed by atoms with Crippen LogP contribution in [0.15, 0.2) is 53.7 Å². The van der Waals surface area contributed by atoms with E-state index in [9.17, 15) is 18.5 Å². The van der Waals surface area contributed by atoms with E-state index in [1.165, 1.54) is 18.2 Å². The van der Waals surface area contributed by atoms with Crippen molar-refractivity contribution in [3.8, 4) is 0 Å². The summed E-state index contributed by atoms with van der Waals surface area (Å²) in [5, 5.41) is 14.2. The molecular formula is C15H14N4O4S. The topological polar surface area (TPSA) is 107 Å². The van der Waals surface area contributed by atoms with Gasteiger partial charge in [-0.05, 0) is 24.3 Å². The SMILES string of the molecule is CS(=O)(=O)c1cccc(NCc2cn3ccccc3n2)c1[N+](=O)[O-]. The minimum Gasteiger partial charge on any atom is -0.374 e. The summed E-state index contributed by atoms with van der Waals surface area (Å²) in [6.07, 6.45) is 4.59. The average molecular weight is 346 g/mol. The van der Waals surface area contributed by atoms with Gasteiger partial charge < -0.3 is 9.72 Å². The highest BCUT2D eigenvalue weighted by molar-refractivity contribution is 7.90. The Kier molecular flexibility index (Phi) is 3.94. The standard InChI is InChI=1S/C15H14N4O4S/c1-24(22,23)13-6-4-5-12(15(13)19(20)21)16-9-11-10-18-8-3-2-7-14(18)17-11/h2-8,10,16H,9H2,1H3. The molecule has 0 spiro atoms. The van der Waals surface area contributed by atoms with Gasteiger partial charge in [0.25, 0.3) is 0 Å². The summed E-state index contributed by atoms with van der Waals surface area (Å²) >= 11 is 0. The monoisotopic (exact) mass is 346 g/mol. The maximum Gasteiger partial charge on any atom is 0.310 e. The predicted octanol–water partition coefficient (Wildman–Crippen LogP) is 2.26. The number of benzene rings is 1. The van der Waals surface area contributed by atoms with Crippen LogP contribution in [0.4, 0.5) is 11.4 Å². The molecule has 0 aliphatic rings. The molecule has 8 nitrogen and oxygen atoms in total. The van der Waals surface area contributed by atoms with Crippen LogP contribution in [0.1, 0.15) is 5.69 Å². The fourth-order valence-electron chi connectivity index (χ4n) is 2.41. The molecule has 2 aromatic heterocycles. The molecule has 0 amide bonds. The number of pyridine rings is 1. The lowest BCUT2D eigenvalue weighted by atomic mass is 10.2. The van der Waals surface area contributed by atoms with Crippen LogP contribution in [0.25, 0.3) is 5.65 Å². The zero-order chi connectivity index (χ0) is 17.3. The number of para-hydroxylation sites is 1. The van der Waals surface area contributed by atoms with Crippen molar-refractivity contribution in [3.05, 3.63) is 64.6 Å². The number of aromatic nitrogens is 2. The Morgan fingerprint density at radius 1 is 1.25 bits per heavy atom. The molecule has 0 aliphatic carbocycles. The quantitative estimate of drug-likeness (QED) is 0.561.